The molecule has 0 aromatic heterocycles. The average Bonchev–Trinajstić information content (AvgIpc) is 1.93. The van der Waals surface area contributed by atoms with E-state index < -0.39 is 0 Å². The van der Waals surface area contributed by atoms with Crippen LogP contribution in [0.4, 0.5) is 5.69 Å². The lowest BCUT2D eigenvalue weighted by Crippen LogP contribution is -1.86. The predicted octanol–water partition coefficient (Wildman–Crippen LogP) is 2.31. The Morgan fingerprint density at radius 2 is 1.60 bits per heavy atom. The lowest BCUT2D eigenvalue weighted by molar-refractivity contribution is 1.24. The Hall–Kier alpha value is -0.980. The van der Waals surface area contributed by atoms with Crippen molar-refractivity contribution in [2.45, 2.75) is 20.8 Å². The third kappa shape index (κ3) is 0.991. The minimum absolute atomic E-state index is 0.392. The molecular formula is C9H11N. The van der Waals surface area contributed by atoms with Gasteiger partial charge in [0.05, 0.1) is 5.69 Å². The summed E-state index contributed by atoms with van der Waals surface area (Å²) < 4.78 is 0. The first kappa shape index (κ1) is 7.13. The van der Waals surface area contributed by atoms with E-state index >= 15 is 0 Å². The number of hydrogen-bond acceptors (Lipinski definition) is 0. The molecule has 10 heavy (non-hydrogen) atoms. The molecule has 0 atom stereocenters. The van der Waals surface area contributed by atoms with Crippen LogP contribution in [0.15, 0.2) is 12.1 Å². The SMILES string of the molecule is Cc1ccc([N])c(C)c1C. The summed E-state index contributed by atoms with van der Waals surface area (Å²) in [7, 11) is 0. The second kappa shape index (κ2) is 2.33. The molecule has 0 aliphatic carbocycles. The molecule has 0 aliphatic heterocycles. The van der Waals surface area contributed by atoms with Gasteiger partial charge >= 0.3 is 0 Å². The Morgan fingerprint density at radius 1 is 1.00 bits per heavy atom. The van der Waals surface area contributed by atoms with Gasteiger partial charge in [-0.25, -0.2) is 0 Å². The molecule has 0 bridgehead atoms. The number of nitrogens with zero attached hydrogens (tertiary/aromatic N) is 1. The largest absolute Gasteiger partial charge is 0.150 e. The first-order valence-corrected chi connectivity index (χ1v) is 3.38. The molecule has 0 unspecified atom stereocenters. The van der Waals surface area contributed by atoms with Gasteiger partial charge in [-0.2, -0.15) is 5.73 Å². The van der Waals surface area contributed by atoms with E-state index in [0.29, 0.717) is 5.69 Å². The van der Waals surface area contributed by atoms with Crippen molar-refractivity contribution in [3.05, 3.63) is 28.8 Å². The molecule has 2 radical (unpaired) electrons. The van der Waals surface area contributed by atoms with Gasteiger partial charge in [-0.1, -0.05) is 6.07 Å². The molecule has 52 valence electrons. The molecule has 0 saturated carbocycles. The first-order chi connectivity index (χ1) is 4.63. The topological polar surface area (TPSA) is 22.3 Å². The zero-order valence-electron chi connectivity index (χ0n) is 6.60. The van der Waals surface area contributed by atoms with Crippen LogP contribution in [0.3, 0.4) is 0 Å². The van der Waals surface area contributed by atoms with E-state index in [4.69, 9.17) is 0 Å². The first-order valence-electron chi connectivity index (χ1n) is 3.38. The summed E-state index contributed by atoms with van der Waals surface area (Å²) in [5.41, 5.74) is 13.0. The molecule has 0 fully saturated rings. The molecule has 0 heterocycles. The molecule has 0 aliphatic rings. The fraction of sp³-hybridized carbons (Fsp3) is 0.333. The molecule has 0 N–H and O–H groups in total. The van der Waals surface area contributed by atoms with Crippen LogP contribution < -0.4 is 5.73 Å². The maximum atomic E-state index is 9.22. The standard InChI is InChI=1S/C9H11N/c1-6-4-5-9(10)8(3)7(6)2/h4-5H,1-3H3. The van der Waals surface area contributed by atoms with Crippen molar-refractivity contribution in [3.8, 4) is 0 Å². The van der Waals surface area contributed by atoms with Gasteiger partial charge in [0.25, 0.3) is 0 Å². The zero-order chi connectivity index (χ0) is 7.72. The summed E-state index contributed by atoms with van der Waals surface area (Å²) in [6.07, 6.45) is 0. The summed E-state index contributed by atoms with van der Waals surface area (Å²) in [5.74, 6) is 0. The zero-order valence-corrected chi connectivity index (χ0v) is 6.60. The molecule has 1 rings (SSSR count). The van der Waals surface area contributed by atoms with Gasteiger partial charge in [0.1, 0.15) is 0 Å². The smallest absolute Gasteiger partial charge is 0.0889 e. The van der Waals surface area contributed by atoms with Gasteiger partial charge in [0.15, 0.2) is 0 Å². The van der Waals surface area contributed by atoms with Crippen molar-refractivity contribution >= 4 is 5.69 Å². The normalized spacial score (nSPS) is 9.90. The summed E-state index contributed by atoms with van der Waals surface area (Å²) in [4.78, 5) is 0. The average molecular weight is 133 g/mol. The van der Waals surface area contributed by atoms with Crippen LogP contribution in [0, 0.1) is 20.8 Å². The van der Waals surface area contributed by atoms with Crippen LogP contribution >= 0.6 is 0 Å². The van der Waals surface area contributed by atoms with Crippen LogP contribution in [0.5, 0.6) is 0 Å². The molecule has 1 nitrogen and oxygen atoms in total. The van der Waals surface area contributed by atoms with Crippen molar-refractivity contribution in [1.29, 1.82) is 0 Å². The fourth-order valence-electron chi connectivity index (χ4n) is 0.942. The van der Waals surface area contributed by atoms with Crippen LogP contribution in [0.2, 0.25) is 0 Å². The van der Waals surface area contributed by atoms with Crippen molar-refractivity contribution in [2.24, 2.45) is 0 Å². The van der Waals surface area contributed by atoms with E-state index in [1.54, 1.807) is 6.07 Å². The van der Waals surface area contributed by atoms with E-state index in [1.807, 2.05) is 26.8 Å². The van der Waals surface area contributed by atoms with Gasteiger partial charge in [-0.05, 0) is 43.5 Å². The van der Waals surface area contributed by atoms with E-state index in [-0.39, 0.29) is 0 Å². The number of benzene rings is 1. The van der Waals surface area contributed by atoms with E-state index in [9.17, 15) is 5.73 Å². The van der Waals surface area contributed by atoms with Crippen molar-refractivity contribution in [3.63, 3.8) is 0 Å². The third-order valence-corrected chi connectivity index (χ3v) is 2.03. The van der Waals surface area contributed by atoms with Gasteiger partial charge in [-0.15, -0.1) is 0 Å². The van der Waals surface area contributed by atoms with Crippen molar-refractivity contribution in [1.82, 2.24) is 5.73 Å². The molecule has 0 amide bonds. The summed E-state index contributed by atoms with van der Waals surface area (Å²) in [6.45, 7) is 5.99. The van der Waals surface area contributed by atoms with Crippen molar-refractivity contribution in [2.75, 3.05) is 0 Å². The van der Waals surface area contributed by atoms with Gasteiger partial charge < -0.3 is 0 Å². The predicted molar refractivity (Wildman–Crippen MR) is 42.4 cm³/mol. The second-order valence-electron chi connectivity index (χ2n) is 2.65. The summed E-state index contributed by atoms with van der Waals surface area (Å²) in [5, 5.41) is 0. The molecule has 1 heteroatoms. The van der Waals surface area contributed by atoms with E-state index in [2.05, 4.69) is 0 Å². The van der Waals surface area contributed by atoms with Gasteiger partial charge in [0, 0.05) is 0 Å². The summed E-state index contributed by atoms with van der Waals surface area (Å²) in [6, 6.07) is 3.66. The Balaban J connectivity index is 3.34. The quantitative estimate of drug-likeness (QED) is 0.518. The van der Waals surface area contributed by atoms with Crippen molar-refractivity contribution < 1.29 is 0 Å². The lowest BCUT2D eigenvalue weighted by Gasteiger charge is -2.03. The Morgan fingerprint density at radius 3 is 2.10 bits per heavy atom. The Kier molecular flexibility index (Phi) is 1.66. The Labute approximate surface area is 61.9 Å². The lowest BCUT2D eigenvalue weighted by atomic mass is 10.0. The third-order valence-electron chi connectivity index (χ3n) is 2.03. The van der Waals surface area contributed by atoms with E-state index in [1.165, 1.54) is 11.1 Å². The maximum Gasteiger partial charge on any atom is 0.0889 e. The second-order valence-corrected chi connectivity index (χ2v) is 2.65. The number of rotatable bonds is 0. The van der Waals surface area contributed by atoms with Crippen LogP contribution in [-0.4, -0.2) is 0 Å². The van der Waals surface area contributed by atoms with Gasteiger partial charge in [-0.3, -0.25) is 0 Å². The number of aryl methyl sites for hydroxylation is 1. The highest BCUT2D eigenvalue weighted by Gasteiger charge is 1.99. The minimum atomic E-state index is 0.392. The van der Waals surface area contributed by atoms with Gasteiger partial charge in [0.2, 0.25) is 0 Å². The highest BCUT2D eigenvalue weighted by molar-refractivity contribution is 5.49. The molecule has 0 spiro atoms. The monoisotopic (exact) mass is 133 g/mol. The Bertz CT molecular complexity index is 224. The molecular weight excluding hydrogens is 122 g/mol. The molecule has 1 aromatic carbocycles. The van der Waals surface area contributed by atoms with Crippen LogP contribution in [0.25, 0.3) is 0 Å². The molecule has 0 saturated heterocycles. The summed E-state index contributed by atoms with van der Waals surface area (Å²) >= 11 is 0. The number of hydrogen-bond donors (Lipinski definition) is 0. The van der Waals surface area contributed by atoms with Crippen LogP contribution in [-0.2, 0) is 0 Å². The highest BCUT2D eigenvalue weighted by Crippen LogP contribution is 2.19. The maximum absolute atomic E-state index is 9.22. The minimum Gasteiger partial charge on any atom is -0.150 e. The van der Waals surface area contributed by atoms with E-state index in [0.717, 1.165) is 5.56 Å². The van der Waals surface area contributed by atoms with Crippen LogP contribution in [0.1, 0.15) is 16.7 Å². The fourth-order valence-corrected chi connectivity index (χ4v) is 0.942. The highest BCUT2D eigenvalue weighted by atomic mass is 14.6. The molecule has 1 aromatic rings.